The van der Waals surface area contributed by atoms with Gasteiger partial charge in [0.2, 0.25) is 0 Å². The second-order valence-electron chi connectivity index (χ2n) is 5.50. The number of nitrogens with zero attached hydrogens (tertiary/aromatic N) is 1. The molecule has 0 fully saturated rings. The first-order chi connectivity index (χ1) is 12.7. The second kappa shape index (κ2) is 6.56. The van der Waals surface area contributed by atoms with Crippen molar-refractivity contribution in [3.8, 4) is 11.3 Å². The molecule has 0 atom stereocenters. The molecule has 0 spiro atoms. The van der Waals surface area contributed by atoms with Gasteiger partial charge in [-0.3, -0.25) is 20.4 Å². The Bertz CT molecular complexity index is 1050. The van der Waals surface area contributed by atoms with Gasteiger partial charge in [-0.25, -0.2) is 0 Å². The van der Waals surface area contributed by atoms with Crippen LogP contribution in [0.4, 0.5) is 0 Å². The van der Waals surface area contributed by atoms with Crippen molar-refractivity contribution in [1.29, 1.82) is 0 Å². The highest BCUT2D eigenvalue weighted by Crippen LogP contribution is 2.20. The summed E-state index contributed by atoms with van der Waals surface area (Å²) in [5, 5.41) is 4.52. The third-order valence-electron chi connectivity index (χ3n) is 3.74. The van der Waals surface area contributed by atoms with Gasteiger partial charge in [0.05, 0.1) is 0 Å². The Morgan fingerprint density at radius 1 is 0.846 bits per heavy atom. The molecule has 2 aromatic carbocycles. The molecule has 128 valence electrons. The average Bonchev–Trinajstić information content (AvgIpc) is 3.33. The number of rotatable bonds is 3. The molecule has 0 aliphatic carbocycles. The van der Waals surface area contributed by atoms with E-state index in [-0.39, 0.29) is 11.5 Å². The molecule has 26 heavy (non-hydrogen) atoms. The van der Waals surface area contributed by atoms with Crippen LogP contribution in [0.1, 0.15) is 21.0 Å². The number of benzene rings is 2. The number of carbonyl (C=O) groups is 2. The van der Waals surface area contributed by atoms with Crippen LogP contribution in [0.3, 0.4) is 0 Å². The molecule has 0 saturated heterocycles. The number of hydrogen-bond acceptors (Lipinski definition) is 5. The summed E-state index contributed by atoms with van der Waals surface area (Å²) in [4.78, 5) is 24.2. The van der Waals surface area contributed by atoms with Crippen LogP contribution in [0.2, 0.25) is 0 Å². The van der Waals surface area contributed by atoms with Crippen LogP contribution in [0.5, 0.6) is 0 Å². The van der Waals surface area contributed by atoms with Crippen LogP contribution in [-0.2, 0) is 0 Å². The average molecular weight is 347 g/mol. The minimum atomic E-state index is -0.597. The Kier molecular flexibility index (Phi) is 3.95. The maximum Gasteiger partial charge on any atom is 0.305 e. The molecule has 0 aliphatic heterocycles. The predicted octanol–water partition coefficient (Wildman–Crippen LogP) is 3.16. The monoisotopic (exact) mass is 347 g/mol. The summed E-state index contributed by atoms with van der Waals surface area (Å²) in [5.74, 6) is -0.613. The van der Waals surface area contributed by atoms with Gasteiger partial charge >= 0.3 is 5.91 Å². The largest absolute Gasteiger partial charge is 0.451 e. The van der Waals surface area contributed by atoms with Crippen LogP contribution in [-0.4, -0.2) is 17.0 Å². The molecule has 2 N–H and O–H groups in total. The number of aromatic nitrogens is 1. The summed E-state index contributed by atoms with van der Waals surface area (Å²) >= 11 is 0. The Labute approximate surface area is 147 Å². The Morgan fingerprint density at radius 2 is 1.58 bits per heavy atom. The van der Waals surface area contributed by atoms with E-state index in [9.17, 15) is 9.59 Å². The Hall–Kier alpha value is -3.87. The fourth-order valence-corrected chi connectivity index (χ4v) is 2.45. The van der Waals surface area contributed by atoms with E-state index >= 15 is 0 Å². The lowest BCUT2D eigenvalue weighted by Crippen LogP contribution is -2.41. The zero-order valence-electron chi connectivity index (χ0n) is 13.4. The van der Waals surface area contributed by atoms with Gasteiger partial charge in [0, 0.05) is 17.0 Å². The van der Waals surface area contributed by atoms with Crippen molar-refractivity contribution >= 4 is 22.8 Å². The number of furan rings is 1. The van der Waals surface area contributed by atoms with E-state index in [4.69, 9.17) is 8.94 Å². The van der Waals surface area contributed by atoms with Crippen LogP contribution in [0, 0.1) is 0 Å². The molecular formula is C19H13N3O4. The fraction of sp³-hybridized carbons (Fsp3) is 0. The lowest BCUT2D eigenvalue weighted by Gasteiger charge is -2.02. The Balaban J connectivity index is 1.42. The van der Waals surface area contributed by atoms with E-state index in [1.54, 1.807) is 12.1 Å². The third-order valence-corrected chi connectivity index (χ3v) is 3.74. The molecule has 0 unspecified atom stereocenters. The molecule has 0 saturated carbocycles. The summed E-state index contributed by atoms with van der Waals surface area (Å²) in [5.41, 5.74) is 6.02. The van der Waals surface area contributed by atoms with Crippen molar-refractivity contribution in [2.45, 2.75) is 0 Å². The summed E-state index contributed by atoms with van der Waals surface area (Å²) in [6.45, 7) is 0. The van der Waals surface area contributed by atoms with E-state index in [0.29, 0.717) is 11.3 Å². The normalized spacial score (nSPS) is 10.6. The molecule has 4 rings (SSSR count). The smallest absolute Gasteiger partial charge is 0.305 e. The number of para-hydroxylation sites is 1. The molecule has 7 heteroatoms. The van der Waals surface area contributed by atoms with Crippen molar-refractivity contribution in [2.24, 2.45) is 0 Å². The zero-order valence-corrected chi connectivity index (χ0v) is 13.4. The summed E-state index contributed by atoms with van der Waals surface area (Å²) < 4.78 is 10.6. The first-order valence-electron chi connectivity index (χ1n) is 7.82. The molecule has 2 aromatic heterocycles. The summed E-state index contributed by atoms with van der Waals surface area (Å²) in [7, 11) is 0. The van der Waals surface area contributed by atoms with Gasteiger partial charge in [0.15, 0.2) is 17.2 Å². The standard InChI is InChI=1S/C19H13N3O4/c23-18(14-11-16(26-22-14)12-6-2-1-3-7-12)20-21-19(24)17-10-13-8-4-5-9-15(13)25-17/h1-11H,(H,20,23)(H,21,24). The van der Waals surface area contributed by atoms with Gasteiger partial charge in [-0.2, -0.15) is 0 Å². The highest BCUT2D eigenvalue weighted by molar-refractivity contribution is 5.99. The van der Waals surface area contributed by atoms with Gasteiger partial charge < -0.3 is 8.94 Å². The minimum Gasteiger partial charge on any atom is -0.451 e. The van der Waals surface area contributed by atoms with E-state index in [1.807, 2.05) is 48.5 Å². The van der Waals surface area contributed by atoms with Crippen molar-refractivity contribution < 1.29 is 18.5 Å². The lowest BCUT2D eigenvalue weighted by atomic mass is 10.1. The van der Waals surface area contributed by atoms with Gasteiger partial charge in [0.25, 0.3) is 5.91 Å². The lowest BCUT2D eigenvalue weighted by molar-refractivity contribution is 0.0827. The SMILES string of the molecule is O=C(NNC(=O)c1cc2ccccc2o1)c1cc(-c2ccccc2)on1. The summed E-state index contributed by atoms with van der Waals surface area (Å²) in [6, 6.07) is 19.6. The quantitative estimate of drug-likeness (QED) is 0.555. The highest BCUT2D eigenvalue weighted by atomic mass is 16.5. The Morgan fingerprint density at radius 3 is 2.38 bits per heavy atom. The second-order valence-corrected chi connectivity index (χ2v) is 5.50. The maximum absolute atomic E-state index is 12.1. The maximum atomic E-state index is 12.1. The van der Waals surface area contributed by atoms with Gasteiger partial charge in [-0.1, -0.05) is 53.7 Å². The van der Waals surface area contributed by atoms with Crippen molar-refractivity contribution in [3.05, 3.63) is 78.2 Å². The number of fused-ring (bicyclic) bond motifs is 1. The number of amides is 2. The fourth-order valence-electron chi connectivity index (χ4n) is 2.45. The molecule has 2 heterocycles. The number of hydrazine groups is 1. The van der Waals surface area contributed by atoms with Crippen LogP contribution < -0.4 is 10.9 Å². The molecule has 4 aromatic rings. The van der Waals surface area contributed by atoms with E-state index < -0.39 is 11.8 Å². The number of nitrogens with one attached hydrogen (secondary N) is 2. The minimum absolute atomic E-state index is 0.0498. The number of hydrogen-bond donors (Lipinski definition) is 2. The van der Waals surface area contributed by atoms with E-state index in [2.05, 4.69) is 16.0 Å². The molecule has 7 nitrogen and oxygen atoms in total. The van der Waals surface area contributed by atoms with Gasteiger partial charge in [0.1, 0.15) is 5.58 Å². The van der Waals surface area contributed by atoms with Crippen LogP contribution in [0.25, 0.3) is 22.3 Å². The molecule has 0 bridgehead atoms. The zero-order chi connectivity index (χ0) is 17.9. The highest BCUT2D eigenvalue weighted by Gasteiger charge is 2.16. The molecule has 2 amide bonds. The molecule has 0 aliphatic rings. The van der Waals surface area contributed by atoms with Crippen molar-refractivity contribution in [3.63, 3.8) is 0 Å². The van der Waals surface area contributed by atoms with Crippen molar-refractivity contribution in [1.82, 2.24) is 16.0 Å². The molecule has 0 radical (unpaired) electrons. The van der Waals surface area contributed by atoms with Crippen LogP contribution >= 0.6 is 0 Å². The third kappa shape index (κ3) is 3.05. The van der Waals surface area contributed by atoms with Gasteiger partial charge in [-0.05, 0) is 12.1 Å². The van der Waals surface area contributed by atoms with Gasteiger partial charge in [-0.15, -0.1) is 0 Å². The summed E-state index contributed by atoms with van der Waals surface area (Å²) in [6.07, 6.45) is 0. The van der Waals surface area contributed by atoms with E-state index in [1.165, 1.54) is 6.07 Å². The van der Waals surface area contributed by atoms with E-state index in [0.717, 1.165) is 10.9 Å². The van der Waals surface area contributed by atoms with Crippen LogP contribution in [0.15, 0.2) is 75.7 Å². The topological polar surface area (TPSA) is 97.4 Å². The predicted molar refractivity (Wildman–Crippen MR) is 93.1 cm³/mol. The first-order valence-corrected chi connectivity index (χ1v) is 7.82. The number of carbonyl (C=O) groups excluding carboxylic acids is 2. The molecular weight excluding hydrogens is 334 g/mol. The van der Waals surface area contributed by atoms with Crippen molar-refractivity contribution in [2.75, 3.05) is 0 Å². The first kappa shape index (κ1) is 15.6.